The summed E-state index contributed by atoms with van der Waals surface area (Å²) in [6, 6.07) is 6.45. The second-order valence-corrected chi connectivity index (χ2v) is 8.39. The molecule has 0 unspecified atom stereocenters. The Morgan fingerprint density at radius 3 is 2.85 bits per heavy atom. The van der Waals surface area contributed by atoms with Gasteiger partial charge in [0.25, 0.3) is 0 Å². The van der Waals surface area contributed by atoms with E-state index < -0.39 is 17.9 Å². The van der Waals surface area contributed by atoms with E-state index >= 15 is 0 Å². The van der Waals surface area contributed by atoms with E-state index in [0.29, 0.717) is 35.6 Å². The third-order valence-corrected chi connectivity index (χ3v) is 5.93. The van der Waals surface area contributed by atoms with E-state index in [-0.39, 0.29) is 37.9 Å². The molecule has 12 heteroatoms. The number of anilines is 1. The molecule has 1 aliphatic rings. The zero-order chi connectivity index (χ0) is 23.8. The topological polar surface area (TPSA) is 154 Å². The number of carbonyl (C=O) groups excluding carboxylic acids is 4. The molecule has 2 aromatic rings. The van der Waals surface area contributed by atoms with Gasteiger partial charge in [-0.3, -0.25) is 19.2 Å². The summed E-state index contributed by atoms with van der Waals surface area (Å²) < 4.78 is 5.48. The average Bonchev–Trinajstić information content (AvgIpc) is 3.44. The van der Waals surface area contributed by atoms with E-state index in [9.17, 15) is 19.2 Å². The minimum Gasteiger partial charge on any atom is -0.375 e. The van der Waals surface area contributed by atoms with Gasteiger partial charge < -0.3 is 25.6 Å². The number of ether oxygens (including phenoxy) is 1. The van der Waals surface area contributed by atoms with Crippen molar-refractivity contribution in [1.82, 2.24) is 20.5 Å². The number of nitrogens with zero attached hydrogens (tertiary/aromatic N) is 3. The molecule has 0 bridgehead atoms. The highest BCUT2D eigenvalue weighted by Crippen LogP contribution is 2.25. The molecular formula is C21H24N6O5S. The maximum atomic E-state index is 12.6. The molecule has 0 aliphatic carbocycles. The van der Waals surface area contributed by atoms with Crippen LogP contribution in [0.15, 0.2) is 18.2 Å². The van der Waals surface area contributed by atoms with E-state index in [1.54, 1.807) is 18.2 Å². The van der Waals surface area contributed by atoms with Gasteiger partial charge in [-0.25, -0.2) is 4.98 Å². The normalized spacial score (nSPS) is 15.2. The fourth-order valence-electron chi connectivity index (χ4n) is 3.51. The lowest BCUT2D eigenvalue weighted by molar-refractivity contribution is -0.138. The maximum absolute atomic E-state index is 12.6. The fourth-order valence-corrected chi connectivity index (χ4v) is 4.32. The highest BCUT2D eigenvalue weighted by molar-refractivity contribution is 7.19. The number of likely N-dealkylation sites (tertiary alicyclic amines) is 1. The number of thiazole rings is 1. The molecule has 2 heterocycles. The van der Waals surface area contributed by atoms with Crippen LogP contribution >= 0.6 is 11.3 Å². The summed E-state index contributed by atoms with van der Waals surface area (Å²) >= 11 is 1.23. The van der Waals surface area contributed by atoms with Crippen molar-refractivity contribution in [2.75, 3.05) is 38.7 Å². The van der Waals surface area contributed by atoms with Crippen molar-refractivity contribution >= 4 is 50.9 Å². The number of hydrogen-bond donors (Lipinski definition) is 3. The van der Waals surface area contributed by atoms with Crippen molar-refractivity contribution in [2.45, 2.75) is 25.3 Å². The van der Waals surface area contributed by atoms with Gasteiger partial charge >= 0.3 is 0 Å². The van der Waals surface area contributed by atoms with Gasteiger partial charge in [0.2, 0.25) is 23.6 Å². The number of fused-ring (bicyclic) bond motifs is 1. The summed E-state index contributed by atoms with van der Waals surface area (Å²) in [5.41, 5.74) is 1.20. The van der Waals surface area contributed by atoms with Gasteiger partial charge in [0.05, 0.1) is 16.8 Å². The lowest BCUT2D eigenvalue weighted by Gasteiger charge is -2.24. The lowest BCUT2D eigenvalue weighted by Crippen LogP contribution is -2.48. The summed E-state index contributed by atoms with van der Waals surface area (Å²) in [6.07, 6.45) is 1.28. The number of aromatic nitrogens is 1. The van der Waals surface area contributed by atoms with Crippen molar-refractivity contribution < 1.29 is 23.9 Å². The second-order valence-electron chi connectivity index (χ2n) is 7.36. The van der Waals surface area contributed by atoms with Gasteiger partial charge in [-0.05, 0) is 31.0 Å². The minimum absolute atomic E-state index is 0.0767. The first-order chi connectivity index (χ1) is 15.9. The molecule has 33 heavy (non-hydrogen) atoms. The van der Waals surface area contributed by atoms with Crippen LogP contribution in [0.25, 0.3) is 10.2 Å². The molecule has 1 aromatic heterocycles. The number of nitriles is 1. The SMILES string of the molecule is COCC(=O)NCCC(=O)N1CCC[C@H]1C(=O)NCC(=O)Nc1ccc2nc(C#N)sc2c1. The summed E-state index contributed by atoms with van der Waals surface area (Å²) in [5.74, 6) is -1.35. The van der Waals surface area contributed by atoms with Gasteiger partial charge in [-0.1, -0.05) is 0 Å². The zero-order valence-corrected chi connectivity index (χ0v) is 18.9. The van der Waals surface area contributed by atoms with Crippen LogP contribution in [0.2, 0.25) is 0 Å². The number of carbonyl (C=O) groups is 4. The van der Waals surface area contributed by atoms with Crippen molar-refractivity contribution in [1.29, 1.82) is 5.26 Å². The zero-order valence-electron chi connectivity index (χ0n) is 18.1. The smallest absolute Gasteiger partial charge is 0.245 e. The Kier molecular flexibility index (Phi) is 8.28. The molecule has 0 spiro atoms. The molecule has 1 atom stereocenters. The first kappa shape index (κ1) is 24.1. The van der Waals surface area contributed by atoms with E-state index in [1.165, 1.54) is 23.3 Å². The van der Waals surface area contributed by atoms with E-state index in [1.807, 2.05) is 6.07 Å². The Morgan fingerprint density at radius 2 is 2.09 bits per heavy atom. The summed E-state index contributed by atoms with van der Waals surface area (Å²) in [4.78, 5) is 54.4. The molecule has 11 nitrogen and oxygen atoms in total. The molecule has 1 fully saturated rings. The third-order valence-electron chi connectivity index (χ3n) is 5.00. The number of methoxy groups -OCH3 is 1. The second kappa shape index (κ2) is 11.3. The summed E-state index contributed by atoms with van der Waals surface area (Å²) in [7, 11) is 1.41. The molecule has 174 valence electrons. The van der Waals surface area contributed by atoms with Crippen molar-refractivity contribution in [3.63, 3.8) is 0 Å². The maximum Gasteiger partial charge on any atom is 0.245 e. The van der Waals surface area contributed by atoms with Crippen molar-refractivity contribution in [3.05, 3.63) is 23.2 Å². The third kappa shape index (κ3) is 6.47. The Labute approximate surface area is 194 Å². The summed E-state index contributed by atoms with van der Waals surface area (Å²) in [5, 5.41) is 17.2. The Balaban J connectivity index is 1.46. The van der Waals surface area contributed by atoms with Crippen LogP contribution in [0, 0.1) is 11.3 Å². The van der Waals surface area contributed by atoms with Crippen molar-refractivity contribution in [3.8, 4) is 6.07 Å². The van der Waals surface area contributed by atoms with Gasteiger partial charge in [0.1, 0.15) is 18.7 Å². The first-order valence-electron chi connectivity index (χ1n) is 10.3. The highest BCUT2D eigenvalue weighted by Gasteiger charge is 2.33. The van der Waals surface area contributed by atoms with Crippen LogP contribution < -0.4 is 16.0 Å². The van der Waals surface area contributed by atoms with Crippen LogP contribution in [0.4, 0.5) is 5.69 Å². The van der Waals surface area contributed by atoms with Gasteiger partial charge in [0.15, 0.2) is 5.01 Å². The number of benzene rings is 1. The highest BCUT2D eigenvalue weighted by atomic mass is 32.1. The van der Waals surface area contributed by atoms with Crippen LogP contribution in [-0.4, -0.2) is 72.9 Å². The monoisotopic (exact) mass is 472 g/mol. The van der Waals surface area contributed by atoms with E-state index in [4.69, 9.17) is 10.00 Å². The quantitative estimate of drug-likeness (QED) is 0.476. The Hall–Kier alpha value is -3.56. The molecule has 0 radical (unpaired) electrons. The molecule has 1 aliphatic heterocycles. The summed E-state index contributed by atoms with van der Waals surface area (Å²) in [6.45, 7) is 0.293. The molecule has 0 saturated carbocycles. The fraction of sp³-hybridized carbons (Fsp3) is 0.429. The van der Waals surface area contributed by atoms with E-state index in [2.05, 4.69) is 20.9 Å². The number of hydrogen-bond acceptors (Lipinski definition) is 8. The molecule has 3 rings (SSSR count). The van der Waals surface area contributed by atoms with E-state index in [0.717, 1.165) is 4.70 Å². The Bertz CT molecular complexity index is 1090. The largest absolute Gasteiger partial charge is 0.375 e. The van der Waals surface area contributed by atoms with Gasteiger partial charge in [-0.2, -0.15) is 5.26 Å². The molecular weight excluding hydrogens is 448 g/mol. The van der Waals surface area contributed by atoms with Gasteiger partial charge in [0, 0.05) is 32.3 Å². The molecule has 1 aromatic carbocycles. The van der Waals surface area contributed by atoms with Crippen LogP contribution in [-0.2, 0) is 23.9 Å². The van der Waals surface area contributed by atoms with Crippen molar-refractivity contribution in [2.24, 2.45) is 0 Å². The number of amides is 4. The standard InChI is InChI=1S/C21H24N6O5S/c1-32-12-18(29)23-7-6-20(30)27-8-2-3-15(27)21(31)24-11-17(28)25-13-4-5-14-16(9-13)33-19(10-22)26-14/h4-5,9,15H,2-3,6-8,11-12H2,1H3,(H,23,29)(H,24,31)(H,25,28)/t15-/m0/s1. The lowest BCUT2D eigenvalue weighted by atomic mass is 10.2. The number of rotatable bonds is 9. The van der Waals surface area contributed by atoms with Gasteiger partial charge in [-0.15, -0.1) is 11.3 Å². The predicted octanol–water partition coefficient (Wildman–Crippen LogP) is 0.366. The molecule has 1 saturated heterocycles. The molecule has 3 N–H and O–H groups in total. The number of nitrogens with one attached hydrogen (secondary N) is 3. The van der Waals surface area contributed by atoms with Crippen LogP contribution in [0.5, 0.6) is 0 Å². The average molecular weight is 473 g/mol. The minimum atomic E-state index is -0.641. The molecule has 4 amide bonds. The van der Waals surface area contributed by atoms with Crippen LogP contribution in [0.3, 0.4) is 0 Å². The predicted molar refractivity (Wildman–Crippen MR) is 120 cm³/mol. The Morgan fingerprint density at radius 1 is 1.27 bits per heavy atom. The van der Waals surface area contributed by atoms with Crippen LogP contribution in [0.1, 0.15) is 24.3 Å². The first-order valence-corrected chi connectivity index (χ1v) is 11.2.